The molecule has 6 nitrogen and oxygen atoms in total. The monoisotopic (exact) mass is 556 g/mol. The summed E-state index contributed by atoms with van der Waals surface area (Å²) in [5.74, 6) is 0.178. The molecule has 0 atom stereocenters. The summed E-state index contributed by atoms with van der Waals surface area (Å²) in [4.78, 5) is 35.6. The van der Waals surface area contributed by atoms with Crippen molar-refractivity contribution < 1.29 is 19.8 Å². The van der Waals surface area contributed by atoms with Gasteiger partial charge in [-0.1, -0.05) is 80.1 Å². The first-order valence-corrected chi connectivity index (χ1v) is 15.9. The van der Waals surface area contributed by atoms with E-state index in [-0.39, 0.29) is 33.9 Å². The first-order valence-electron chi connectivity index (χ1n) is 15.9. The number of unbranched alkanes of at least 4 members (excludes halogenated alkanes) is 7. The number of hydrogen-bond acceptors (Lipinski definition) is 6. The maximum absolute atomic E-state index is 13.0. The van der Waals surface area contributed by atoms with Crippen molar-refractivity contribution in [3.63, 3.8) is 0 Å². The Kier molecular flexibility index (Phi) is 13.8. The van der Waals surface area contributed by atoms with Crippen molar-refractivity contribution in [1.82, 2.24) is 0 Å². The number of carbonyl (C=O) groups is 2. The van der Waals surface area contributed by atoms with Crippen molar-refractivity contribution >= 4 is 23.0 Å². The van der Waals surface area contributed by atoms with E-state index >= 15 is 0 Å². The van der Waals surface area contributed by atoms with E-state index in [0.717, 1.165) is 37.1 Å². The molecule has 0 bridgehead atoms. The molecule has 0 aromatic carbocycles. The van der Waals surface area contributed by atoms with E-state index < -0.39 is 0 Å². The Morgan fingerprint density at radius 3 is 1.32 bits per heavy atom. The summed E-state index contributed by atoms with van der Waals surface area (Å²) in [7, 11) is 0. The van der Waals surface area contributed by atoms with Crippen LogP contribution in [0.3, 0.4) is 0 Å². The molecule has 226 valence electrons. The highest BCUT2D eigenvalue weighted by molar-refractivity contribution is 6.25. The van der Waals surface area contributed by atoms with Crippen LogP contribution in [0.2, 0.25) is 0 Å². The Labute approximate surface area is 243 Å². The zero-order valence-electron chi connectivity index (χ0n) is 26.3. The van der Waals surface area contributed by atoms with E-state index in [0.29, 0.717) is 75.6 Å². The van der Waals surface area contributed by atoms with Gasteiger partial charge in [0.1, 0.15) is 11.5 Å². The van der Waals surface area contributed by atoms with E-state index in [2.05, 4.69) is 41.5 Å². The van der Waals surface area contributed by atoms with Gasteiger partial charge < -0.3 is 10.2 Å². The first kappa shape index (κ1) is 34.0. The second kappa shape index (κ2) is 16.3. The molecule has 6 heteroatoms. The highest BCUT2D eigenvalue weighted by Gasteiger charge is 2.37. The van der Waals surface area contributed by atoms with E-state index in [4.69, 9.17) is 9.98 Å². The second-order valence-corrected chi connectivity index (χ2v) is 13.5. The highest BCUT2D eigenvalue weighted by Crippen LogP contribution is 2.37. The predicted molar refractivity (Wildman–Crippen MR) is 167 cm³/mol. The van der Waals surface area contributed by atoms with Crippen LogP contribution in [0.4, 0.5) is 0 Å². The second-order valence-electron chi connectivity index (χ2n) is 13.5. The van der Waals surface area contributed by atoms with Gasteiger partial charge in [-0.3, -0.25) is 19.6 Å². The minimum absolute atomic E-state index is 0.0266. The van der Waals surface area contributed by atoms with Crippen molar-refractivity contribution in [1.29, 1.82) is 0 Å². The topological polar surface area (TPSA) is 99.3 Å². The van der Waals surface area contributed by atoms with Crippen molar-refractivity contribution in [3.05, 3.63) is 22.7 Å². The fourth-order valence-electron chi connectivity index (χ4n) is 5.84. The summed E-state index contributed by atoms with van der Waals surface area (Å²) in [6.45, 7) is 14.1. The molecule has 0 aromatic rings. The number of rotatable bonds is 15. The molecule has 0 saturated heterocycles. The third-order valence-corrected chi connectivity index (χ3v) is 7.99. The molecule has 0 spiro atoms. The number of carbonyl (C=O) groups excluding carboxylic acids is 2. The molecular weight excluding hydrogens is 500 g/mol. The largest absolute Gasteiger partial charge is 0.511 e. The number of nitrogens with zero attached hydrogens (tertiary/aromatic N) is 2. The van der Waals surface area contributed by atoms with Gasteiger partial charge in [0.25, 0.3) is 0 Å². The normalized spacial score (nSPS) is 23.6. The zero-order chi connectivity index (χ0) is 29.8. The van der Waals surface area contributed by atoms with Gasteiger partial charge in [0.2, 0.25) is 0 Å². The van der Waals surface area contributed by atoms with Crippen LogP contribution in [-0.4, -0.2) is 46.3 Å². The van der Waals surface area contributed by atoms with Crippen molar-refractivity contribution in [3.8, 4) is 0 Å². The summed E-state index contributed by atoms with van der Waals surface area (Å²) in [5, 5.41) is 21.9. The van der Waals surface area contributed by atoms with Crippen LogP contribution in [-0.2, 0) is 9.59 Å². The number of aliphatic hydroxyl groups excluding tert-OH is 2. The van der Waals surface area contributed by atoms with Crippen LogP contribution in [0.1, 0.15) is 144 Å². The standard InChI is InChI=1S/C34H56N2O4/c1-7-9-11-15-19-35-25-21-33(3,4)23-29(39)31(25)27(37)17-13-14-18-28(38)32-26(36-20-16-12-10-8-2)22-34(5,6)24-30(32)40/h37-38H,7-24H2,1-6H3/b31-27+,32-28+,35-25?,36-26?. The molecule has 2 N–H and O–H groups in total. The summed E-state index contributed by atoms with van der Waals surface area (Å²) in [6, 6.07) is 0. The lowest BCUT2D eigenvalue weighted by atomic mass is 9.73. The quantitative estimate of drug-likeness (QED) is 0.119. The molecule has 2 fully saturated rings. The fraction of sp³-hybridized carbons (Fsp3) is 0.765. The highest BCUT2D eigenvalue weighted by atomic mass is 16.3. The molecule has 2 aliphatic carbocycles. The first-order chi connectivity index (χ1) is 18.9. The Balaban J connectivity index is 2.08. The van der Waals surface area contributed by atoms with Gasteiger partial charge in [-0.15, -0.1) is 0 Å². The molecule has 2 saturated carbocycles. The Morgan fingerprint density at radius 2 is 0.975 bits per heavy atom. The molecule has 0 heterocycles. The number of hydrogen-bond donors (Lipinski definition) is 2. The molecule has 0 unspecified atom stereocenters. The fourth-order valence-corrected chi connectivity index (χ4v) is 5.84. The summed E-state index contributed by atoms with van der Waals surface area (Å²) < 4.78 is 0. The third kappa shape index (κ3) is 11.0. The molecule has 0 amide bonds. The third-order valence-electron chi connectivity index (χ3n) is 7.99. The Bertz CT molecular complexity index is 917. The van der Waals surface area contributed by atoms with Crippen LogP contribution in [0.25, 0.3) is 0 Å². The maximum Gasteiger partial charge on any atom is 0.168 e. The molecule has 2 aliphatic rings. The Hall–Kier alpha value is -2.24. The maximum atomic E-state index is 13.0. The smallest absolute Gasteiger partial charge is 0.168 e. The van der Waals surface area contributed by atoms with Crippen LogP contribution in [0, 0.1) is 10.8 Å². The van der Waals surface area contributed by atoms with Crippen LogP contribution < -0.4 is 0 Å². The van der Waals surface area contributed by atoms with Crippen molar-refractivity contribution in [2.75, 3.05) is 13.1 Å². The van der Waals surface area contributed by atoms with Gasteiger partial charge in [0, 0.05) is 50.2 Å². The Morgan fingerprint density at radius 1 is 0.600 bits per heavy atom. The van der Waals surface area contributed by atoms with E-state index in [1.807, 2.05) is 0 Å². The minimum atomic E-state index is -0.155. The predicted octanol–water partition coefficient (Wildman–Crippen LogP) is 8.99. The number of Topliss-reactive ketones (excluding diaryl/α,β-unsaturated/α-hetero) is 2. The lowest BCUT2D eigenvalue weighted by molar-refractivity contribution is -0.118. The zero-order valence-corrected chi connectivity index (χ0v) is 26.3. The van der Waals surface area contributed by atoms with Gasteiger partial charge >= 0.3 is 0 Å². The number of allylic oxidation sites excluding steroid dienone is 4. The van der Waals surface area contributed by atoms with E-state index in [9.17, 15) is 19.8 Å². The van der Waals surface area contributed by atoms with Gasteiger partial charge in [-0.2, -0.15) is 0 Å². The molecule has 40 heavy (non-hydrogen) atoms. The summed E-state index contributed by atoms with van der Waals surface area (Å²) in [6.07, 6.45) is 13.1. The number of aliphatic hydroxyl groups is 2. The summed E-state index contributed by atoms with van der Waals surface area (Å²) >= 11 is 0. The number of ketones is 2. The SMILES string of the molecule is CCCCCCN=C1CC(C)(C)CC(=O)/C1=C(/O)CCCC/C(O)=C1\C(=O)CC(C)(C)CC1=NCCCCCC. The average molecular weight is 557 g/mol. The minimum Gasteiger partial charge on any atom is -0.511 e. The van der Waals surface area contributed by atoms with Gasteiger partial charge in [-0.05, 0) is 49.4 Å². The molecule has 0 radical (unpaired) electrons. The van der Waals surface area contributed by atoms with Gasteiger partial charge in [0.05, 0.1) is 11.1 Å². The van der Waals surface area contributed by atoms with E-state index in [1.165, 1.54) is 25.7 Å². The van der Waals surface area contributed by atoms with Crippen molar-refractivity contribution in [2.24, 2.45) is 20.8 Å². The van der Waals surface area contributed by atoms with Crippen LogP contribution >= 0.6 is 0 Å². The van der Waals surface area contributed by atoms with Crippen molar-refractivity contribution in [2.45, 2.75) is 144 Å². The van der Waals surface area contributed by atoms with Gasteiger partial charge in [0.15, 0.2) is 11.6 Å². The lowest BCUT2D eigenvalue weighted by Crippen LogP contribution is -2.33. The molecular formula is C34H56N2O4. The van der Waals surface area contributed by atoms with E-state index in [1.54, 1.807) is 0 Å². The average Bonchev–Trinajstić information content (AvgIpc) is 2.84. The summed E-state index contributed by atoms with van der Waals surface area (Å²) in [5.41, 5.74) is 2.01. The van der Waals surface area contributed by atoms with Crippen LogP contribution in [0.15, 0.2) is 32.6 Å². The molecule has 0 aliphatic heterocycles. The molecule has 2 rings (SSSR count). The lowest BCUT2D eigenvalue weighted by Gasteiger charge is -2.31. The van der Waals surface area contributed by atoms with Crippen LogP contribution in [0.5, 0.6) is 0 Å². The molecule has 0 aromatic heterocycles. The van der Waals surface area contributed by atoms with Gasteiger partial charge in [-0.25, -0.2) is 0 Å². The number of aliphatic imine (C=N–C) groups is 2.